The van der Waals surface area contributed by atoms with E-state index >= 15 is 0 Å². The Labute approximate surface area is 144 Å². The third-order valence-electron chi connectivity index (χ3n) is 5.13. The molecule has 1 unspecified atom stereocenters. The van der Waals surface area contributed by atoms with Crippen LogP contribution in [0.3, 0.4) is 0 Å². The number of fused-ring (bicyclic) bond motifs is 4. The minimum Gasteiger partial charge on any atom is -0.360 e. The maximum Gasteiger partial charge on any atom is 0.155 e. The molecule has 1 N–H and O–H groups in total. The molecule has 3 aromatic heterocycles. The molecule has 124 valence electrons. The van der Waals surface area contributed by atoms with E-state index in [4.69, 9.17) is 0 Å². The van der Waals surface area contributed by atoms with Gasteiger partial charge >= 0.3 is 0 Å². The predicted molar refractivity (Wildman–Crippen MR) is 94.4 cm³/mol. The maximum atomic E-state index is 4.55. The number of aromatic nitrogens is 5. The number of hydrogen-bond acceptors (Lipinski definition) is 6. The minimum absolute atomic E-state index is 0.0828. The van der Waals surface area contributed by atoms with Crippen molar-refractivity contribution < 1.29 is 0 Å². The first-order chi connectivity index (χ1) is 11.8. The van der Waals surface area contributed by atoms with Crippen molar-refractivity contribution in [3.63, 3.8) is 0 Å². The van der Waals surface area contributed by atoms with Crippen LogP contribution in [0.1, 0.15) is 54.3 Å². The van der Waals surface area contributed by atoms with Gasteiger partial charge in [-0.2, -0.15) is 0 Å². The van der Waals surface area contributed by atoms with Gasteiger partial charge in [0.15, 0.2) is 5.82 Å². The first-order valence-electron chi connectivity index (χ1n) is 8.75. The molecular weight excluding hydrogens is 320 g/mol. The second kappa shape index (κ2) is 5.51. The van der Waals surface area contributed by atoms with Crippen LogP contribution in [-0.4, -0.2) is 24.7 Å². The highest BCUT2D eigenvalue weighted by molar-refractivity contribution is 7.19. The summed E-state index contributed by atoms with van der Waals surface area (Å²) in [5, 5.41) is 13.6. The molecule has 4 heterocycles. The van der Waals surface area contributed by atoms with Gasteiger partial charge in [0.2, 0.25) is 0 Å². The molecule has 6 nitrogen and oxygen atoms in total. The molecule has 0 amide bonds. The lowest BCUT2D eigenvalue weighted by molar-refractivity contribution is 0.500. The Bertz CT molecular complexity index is 911. The lowest BCUT2D eigenvalue weighted by atomic mass is 10.1. The van der Waals surface area contributed by atoms with Gasteiger partial charge in [-0.15, -0.1) is 21.5 Å². The van der Waals surface area contributed by atoms with Gasteiger partial charge in [-0.3, -0.25) is 0 Å². The molecule has 1 aliphatic heterocycles. The van der Waals surface area contributed by atoms with Crippen LogP contribution in [-0.2, 0) is 25.8 Å². The van der Waals surface area contributed by atoms with Gasteiger partial charge in [-0.05, 0) is 44.6 Å². The molecule has 1 aliphatic carbocycles. The predicted octanol–water partition coefficient (Wildman–Crippen LogP) is 3.28. The molecule has 0 bridgehead atoms. The second-order valence-corrected chi connectivity index (χ2v) is 7.79. The summed E-state index contributed by atoms with van der Waals surface area (Å²) < 4.78 is 2.28. The Morgan fingerprint density at radius 3 is 3.04 bits per heavy atom. The van der Waals surface area contributed by atoms with Crippen LogP contribution in [0, 0.1) is 0 Å². The van der Waals surface area contributed by atoms with Gasteiger partial charge in [-0.1, -0.05) is 0 Å². The largest absolute Gasteiger partial charge is 0.360 e. The minimum atomic E-state index is 0.0828. The topological polar surface area (TPSA) is 68.5 Å². The Kier molecular flexibility index (Phi) is 3.29. The van der Waals surface area contributed by atoms with Gasteiger partial charge in [0.1, 0.15) is 22.8 Å². The normalized spacial score (nSPS) is 17.7. The first kappa shape index (κ1) is 14.3. The van der Waals surface area contributed by atoms with Crippen LogP contribution in [0.25, 0.3) is 10.2 Å². The van der Waals surface area contributed by atoms with Crippen molar-refractivity contribution in [3.05, 3.63) is 28.4 Å². The molecule has 0 spiro atoms. The lowest BCUT2D eigenvalue weighted by Gasteiger charge is -2.19. The van der Waals surface area contributed by atoms with Crippen molar-refractivity contribution in [2.45, 2.75) is 58.0 Å². The summed E-state index contributed by atoms with van der Waals surface area (Å²) in [6.45, 7) is 3.17. The van der Waals surface area contributed by atoms with E-state index in [0.717, 1.165) is 41.7 Å². The fourth-order valence-electron chi connectivity index (χ4n) is 3.96. The molecule has 0 saturated carbocycles. The molecule has 2 aliphatic rings. The van der Waals surface area contributed by atoms with E-state index in [0.29, 0.717) is 0 Å². The number of hydrogen-bond donors (Lipinski definition) is 1. The number of aryl methyl sites for hydroxylation is 3. The van der Waals surface area contributed by atoms with E-state index < -0.39 is 0 Å². The Morgan fingerprint density at radius 2 is 2.08 bits per heavy atom. The summed E-state index contributed by atoms with van der Waals surface area (Å²) in [5.74, 6) is 3.08. The van der Waals surface area contributed by atoms with Crippen molar-refractivity contribution >= 4 is 27.4 Å². The quantitative estimate of drug-likeness (QED) is 0.792. The zero-order chi connectivity index (χ0) is 16.1. The second-order valence-electron chi connectivity index (χ2n) is 6.71. The molecular formula is C17H20N6S. The molecule has 1 atom stereocenters. The van der Waals surface area contributed by atoms with E-state index in [-0.39, 0.29) is 6.04 Å². The monoisotopic (exact) mass is 340 g/mol. The zero-order valence-electron chi connectivity index (χ0n) is 13.7. The van der Waals surface area contributed by atoms with Gasteiger partial charge in [0.25, 0.3) is 0 Å². The number of nitrogens with one attached hydrogen (secondary N) is 1. The average molecular weight is 340 g/mol. The van der Waals surface area contributed by atoms with E-state index in [1.807, 2.05) is 11.3 Å². The molecule has 0 fully saturated rings. The Balaban J connectivity index is 1.52. The summed E-state index contributed by atoms with van der Waals surface area (Å²) in [5.41, 5.74) is 1.45. The van der Waals surface area contributed by atoms with Crippen LogP contribution >= 0.6 is 11.3 Å². The maximum absolute atomic E-state index is 4.55. The molecule has 0 radical (unpaired) electrons. The van der Waals surface area contributed by atoms with Crippen LogP contribution in [0.4, 0.5) is 5.82 Å². The van der Waals surface area contributed by atoms with E-state index in [1.165, 1.54) is 41.5 Å². The van der Waals surface area contributed by atoms with E-state index in [2.05, 4.69) is 37.0 Å². The third kappa shape index (κ3) is 2.14. The first-order valence-corrected chi connectivity index (χ1v) is 9.56. The van der Waals surface area contributed by atoms with Crippen molar-refractivity contribution in [2.24, 2.45) is 0 Å². The highest BCUT2D eigenvalue weighted by Gasteiger charge is 2.24. The number of rotatable bonds is 3. The number of nitrogens with zero attached hydrogens (tertiary/aromatic N) is 5. The summed E-state index contributed by atoms with van der Waals surface area (Å²) in [6, 6.07) is 0.0828. The number of anilines is 1. The highest BCUT2D eigenvalue weighted by atomic mass is 32.1. The Hall–Kier alpha value is -2.02. The Morgan fingerprint density at radius 1 is 1.12 bits per heavy atom. The fourth-order valence-corrected chi connectivity index (χ4v) is 5.19. The zero-order valence-corrected chi connectivity index (χ0v) is 14.6. The van der Waals surface area contributed by atoms with Gasteiger partial charge in [0.05, 0.1) is 11.4 Å². The van der Waals surface area contributed by atoms with Crippen molar-refractivity contribution in [3.8, 4) is 0 Å². The third-order valence-corrected chi connectivity index (χ3v) is 6.33. The summed E-state index contributed by atoms with van der Waals surface area (Å²) in [7, 11) is 0. The lowest BCUT2D eigenvalue weighted by Crippen LogP contribution is -2.18. The summed E-state index contributed by atoms with van der Waals surface area (Å²) >= 11 is 1.82. The van der Waals surface area contributed by atoms with Crippen LogP contribution < -0.4 is 5.32 Å². The van der Waals surface area contributed by atoms with Gasteiger partial charge in [0, 0.05) is 17.8 Å². The molecule has 24 heavy (non-hydrogen) atoms. The summed E-state index contributed by atoms with van der Waals surface area (Å²) in [4.78, 5) is 11.6. The molecule has 0 saturated heterocycles. The highest BCUT2D eigenvalue weighted by Crippen LogP contribution is 2.39. The van der Waals surface area contributed by atoms with Crippen LogP contribution in [0.5, 0.6) is 0 Å². The standard InChI is InChI=1S/C17H20N6S/c1-10(16-22-21-13-7-2-3-8-23(13)16)20-15-14-11-5-4-6-12(11)24-17(14)19-9-18-15/h9-10H,2-8H2,1H3,(H,18,19,20). The van der Waals surface area contributed by atoms with Crippen molar-refractivity contribution in [1.82, 2.24) is 24.7 Å². The van der Waals surface area contributed by atoms with Gasteiger partial charge < -0.3 is 9.88 Å². The van der Waals surface area contributed by atoms with E-state index in [9.17, 15) is 0 Å². The average Bonchev–Trinajstić information content (AvgIpc) is 3.28. The van der Waals surface area contributed by atoms with Crippen molar-refractivity contribution in [1.29, 1.82) is 0 Å². The SMILES string of the molecule is CC(Nc1ncnc2sc3c(c12)CCC3)c1nnc2n1CCCC2. The van der Waals surface area contributed by atoms with Crippen LogP contribution in [0.2, 0.25) is 0 Å². The van der Waals surface area contributed by atoms with Gasteiger partial charge in [-0.25, -0.2) is 9.97 Å². The fraction of sp³-hybridized carbons (Fsp3) is 0.529. The molecule has 7 heteroatoms. The molecule has 5 rings (SSSR count). The summed E-state index contributed by atoms with van der Waals surface area (Å²) in [6.07, 6.45) is 8.71. The smallest absolute Gasteiger partial charge is 0.155 e. The molecule has 3 aromatic rings. The van der Waals surface area contributed by atoms with Crippen LogP contribution in [0.15, 0.2) is 6.33 Å². The van der Waals surface area contributed by atoms with E-state index in [1.54, 1.807) is 6.33 Å². The molecule has 0 aromatic carbocycles. The number of thiophene rings is 1. The van der Waals surface area contributed by atoms with Crippen molar-refractivity contribution in [2.75, 3.05) is 5.32 Å².